The number of fused-ring (bicyclic) bond motifs is 1. The molecule has 0 spiro atoms. The van der Waals surface area contributed by atoms with Crippen LogP contribution in [0.3, 0.4) is 0 Å². The van der Waals surface area contributed by atoms with Gasteiger partial charge in [0.1, 0.15) is 11.5 Å². The van der Waals surface area contributed by atoms with Crippen LogP contribution in [0, 0.1) is 27.7 Å². The van der Waals surface area contributed by atoms with E-state index < -0.39 is 5.97 Å². The number of amides is 1. The molecule has 8 heteroatoms. The van der Waals surface area contributed by atoms with Crippen LogP contribution in [0.5, 0.6) is 0 Å². The molecule has 1 aromatic carbocycles. The van der Waals surface area contributed by atoms with Gasteiger partial charge in [-0.1, -0.05) is 29.8 Å². The summed E-state index contributed by atoms with van der Waals surface area (Å²) in [6.07, 6.45) is 1.74. The molecule has 0 bridgehead atoms. The van der Waals surface area contributed by atoms with Crippen LogP contribution in [-0.4, -0.2) is 33.2 Å². The number of esters is 1. The fourth-order valence-electron chi connectivity index (χ4n) is 3.91. The van der Waals surface area contributed by atoms with Gasteiger partial charge in [0.2, 0.25) is 5.91 Å². The molecule has 4 aromatic rings. The van der Waals surface area contributed by atoms with Gasteiger partial charge in [-0.2, -0.15) is 5.10 Å². The van der Waals surface area contributed by atoms with E-state index in [1.807, 2.05) is 32.9 Å². The average Bonchev–Trinajstić information content (AvgIpc) is 3.23. The Morgan fingerprint density at radius 1 is 1.15 bits per heavy atom. The number of thiophene rings is 1. The molecule has 0 aliphatic rings. The van der Waals surface area contributed by atoms with Crippen LogP contribution in [0.25, 0.3) is 22.2 Å². The van der Waals surface area contributed by atoms with E-state index >= 15 is 0 Å². The van der Waals surface area contributed by atoms with Crippen molar-refractivity contribution >= 4 is 39.2 Å². The van der Waals surface area contributed by atoms with Gasteiger partial charge in [-0.15, -0.1) is 11.3 Å². The lowest BCUT2D eigenvalue weighted by molar-refractivity contribution is -0.116. The van der Waals surface area contributed by atoms with E-state index in [4.69, 9.17) is 4.74 Å². The predicted octanol–water partition coefficient (Wildman–Crippen LogP) is 5.21. The summed E-state index contributed by atoms with van der Waals surface area (Å²) in [4.78, 5) is 30.8. The number of pyridine rings is 1. The monoisotopic (exact) mass is 462 g/mol. The van der Waals surface area contributed by atoms with Crippen LogP contribution in [0.2, 0.25) is 0 Å². The summed E-state index contributed by atoms with van der Waals surface area (Å²) < 4.78 is 6.78. The minimum absolute atomic E-state index is 0.0210. The van der Waals surface area contributed by atoms with Crippen molar-refractivity contribution in [1.29, 1.82) is 0 Å². The molecular formula is C25H26N4O3S. The zero-order chi connectivity index (χ0) is 23.7. The van der Waals surface area contributed by atoms with Gasteiger partial charge in [0.05, 0.1) is 17.9 Å². The summed E-state index contributed by atoms with van der Waals surface area (Å²) in [6.45, 7) is 9.76. The van der Waals surface area contributed by atoms with Gasteiger partial charge in [-0.05, 0) is 57.4 Å². The van der Waals surface area contributed by atoms with E-state index in [9.17, 15) is 9.59 Å². The Labute approximate surface area is 196 Å². The SMILES string of the molecule is CCOC(=O)c1c(NC(=O)Cn2nc(C)c3c(-c4cccc(C)c4)ccnc32)sc(C)c1C. The summed E-state index contributed by atoms with van der Waals surface area (Å²) in [5, 5.41) is 8.89. The predicted molar refractivity (Wildman–Crippen MR) is 131 cm³/mol. The molecule has 0 unspecified atom stereocenters. The van der Waals surface area contributed by atoms with E-state index in [0.29, 0.717) is 16.2 Å². The number of anilines is 1. The minimum Gasteiger partial charge on any atom is -0.462 e. The molecule has 0 saturated carbocycles. The van der Waals surface area contributed by atoms with Crippen molar-refractivity contribution in [3.63, 3.8) is 0 Å². The van der Waals surface area contributed by atoms with Crippen LogP contribution in [-0.2, 0) is 16.1 Å². The topological polar surface area (TPSA) is 86.1 Å². The van der Waals surface area contributed by atoms with Crippen molar-refractivity contribution in [1.82, 2.24) is 14.8 Å². The van der Waals surface area contributed by atoms with Gasteiger partial charge in [0.25, 0.3) is 0 Å². The van der Waals surface area contributed by atoms with E-state index in [1.165, 1.54) is 16.9 Å². The van der Waals surface area contributed by atoms with Crippen LogP contribution >= 0.6 is 11.3 Å². The molecule has 0 atom stereocenters. The Morgan fingerprint density at radius 3 is 2.67 bits per heavy atom. The maximum absolute atomic E-state index is 12.9. The fraction of sp³-hybridized carbons (Fsp3) is 0.280. The number of aromatic nitrogens is 3. The standard InChI is InChI=1S/C25H26N4O3S/c1-6-32-25(31)21-15(3)17(5)33-24(21)27-20(30)13-29-23-22(16(4)28-29)19(10-11-26-23)18-9-7-8-14(2)12-18/h7-12H,6,13H2,1-5H3,(H,27,30). The van der Waals surface area contributed by atoms with Gasteiger partial charge in [0, 0.05) is 16.5 Å². The highest BCUT2D eigenvalue weighted by molar-refractivity contribution is 7.16. The van der Waals surface area contributed by atoms with Crippen molar-refractivity contribution < 1.29 is 14.3 Å². The number of rotatable bonds is 6. The Hall–Kier alpha value is -3.52. The van der Waals surface area contributed by atoms with Gasteiger partial charge in [-0.3, -0.25) is 4.79 Å². The highest BCUT2D eigenvalue weighted by Crippen LogP contribution is 2.33. The van der Waals surface area contributed by atoms with Crippen LogP contribution in [0.4, 0.5) is 5.00 Å². The number of hydrogen-bond donors (Lipinski definition) is 1. The number of hydrogen-bond acceptors (Lipinski definition) is 6. The van der Waals surface area contributed by atoms with Crippen LogP contribution in [0.15, 0.2) is 36.5 Å². The number of ether oxygens (including phenoxy) is 1. The van der Waals surface area contributed by atoms with Crippen molar-refractivity contribution in [2.24, 2.45) is 0 Å². The molecule has 3 aromatic heterocycles. The lowest BCUT2D eigenvalue weighted by atomic mass is 10.0. The summed E-state index contributed by atoms with van der Waals surface area (Å²) in [5.41, 5.74) is 5.96. The van der Waals surface area contributed by atoms with Crippen molar-refractivity contribution in [3.05, 3.63) is 63.8 Å². The molecular weight excluding hydrogens is 436 g/mol. The van der Waals surface area contributed by atoms with Crippen molar-refractivity contribution in [2.45, 2.75) is 41.2 Å². The molecule has 7 nitrogen and oxygen atoms in total. The highest BCUT2D eigenvalue weighted by atomic mass is 32.1. The lowest BCUT2D eigenvalue weighted by Gasteiger charge is -2.08. The van der Waals surface area contributed by atoms with Gasteiger partial charge in [-0.25, -0.2) is 14.5 Å². The van der Waals surface area contributed by atoms with Crippen LogP contribution in [0.1, 0.15) is 39.0 Å². The number of carbonyl (C=O) groups excluding carboxylic acids is 2. The molecule has 0 fully saturated rings. The Bertz CT molecular complexity index is 1370. The first kappa shape index (κ1) is 22.7. The summed E-state index contributed by atoms with van der Waals surface area (Å²) in [5.74, 6) is -0.714. The first-order valence-electron chi connectivity index (χ1n) is 10.8. The number of nitrogens with one attached hydrogen (secondary N) is 1. The molecule has 0 aliphatic carbocycles. The van der Waals surface area contributed by atoms with E-state index in [2.05, 4.69) is 40.5 Å². The third kappa shape index (κ3) is 4.39. The third-order valence-electron chi connectivity index (χ3n) is 5.55. The first-order valence-corrected chi connectivity index (χ1v) is 11.6. The molecule has 1 N–H and O–H groups in total. The Morgan fingerprint density at radius 2 is 1.94 bits per heavy atom. The second-order valence-corrected chi connectivity index (χ2v) is 9.15. The van der Waals surface area contributed by atoms with E-state index in [-0.39, 0.29) is 19.1 Å². The minimum atomic E-state index is -0.431. The van der Waals surface area contributed by atoms with Gasteiger partial charge in [0.15, 0.2) is 5.65 Å². The second-order valence-electron chi connectivity index (χ2n) is 7.93. The maximum atomic E-state index is 12.9. The molecule has 4 rings (SSSR count). The average molecular weight is 463 g/mol. The van der Waals surface area contributed by atoms with Gasteiger partial charge < -0.3 is 10.1 Å². The number of carbonyl (C=O) groups is 2. The Kier molecular flexibility index (Phi) is 6.29. The van der Waals surface area contributed by atoms with Crippen molar-refractivity contribution in [2.75, 3.05) is 11.9 Å². The summed E-state index contributed by atoms with van der Waals surface area (Å²) >= 11 is 1.37. The first-order chi connectivity index (χ1) is 15.8. The van der Waals surface area contributed by atoms with Gasteiger partial charge >= 0.3 is 5.97 Å². The largest absolute Gasteiger partial charge is 0.462 e. The fourth-order valence-corrected chi connectivity index (χ4v) is 4.98. The number of aryl methyl sites for hydroxylation is 3. The molecule has 33 heavy (non-hydrogen) atoms. The molecule has 0 saturated heterocycles. The smallest absolute Gasteiger partial charge is 0.341 e. The summed E-state index contributed by atoms with van der Waals surface area (Å²) in [6, 6.07) is 10.2. The molecule has 3 heterocycles. The number of nitrogens with zero attached hydrogens (tertiary/aromatic N) is 3. The van der Waals surface area contributed by atoms with Crippen LogP contribution < -0.4 is 5.32 Å². The van der Waals surface area contributed by atoms with Crippen molar-refractivity contribution in [3.8, 4) is 11.1 Å². The molecule has 170 valence electrons. The quantitative estimate of drug-likeness (QED) is 0.398. The summed E-state index contributed by atoms with van der Waals surface area (Å²) in [7, 11) is 0. The normalized spacial score (nSPS) is 11.1. The molecule has 1 amide bonds. The van der Waals surface area contributed by atoms with E-state index in [1.54, 1.807) is 17.8 Å². The highest BCUT2D eigenvalue weighted by Gasteiger charge is 2.23. The second kappa shape index (κ2) is 9.15. The maximum Gasteiger partial charge on any atom is 0.341 e. The zero-order valence-electron chi connectivity index (χ0n) is 19.4. The zero-order valence-corrected chi connectivity index (χ0v) is 20.2. The Balaban J connectivity index is 1.65. The lowest BCUT2D eigenvalue weighted by Crippen LogP contribution is -2.20. The van der Waals surface area contributed by atoms with E-state index in [0.717, 1.165) is 32.6 Å². The molecule has 0 aliphatic heterocycles. The molecule has 0 radical (unpaired) electrons. The third-order valence-corrected chi connectivity index (χ3v) is 6.67. The number of benzene rings is 1.